The van der Waals surface area contributed by atoms with E-state index in [1.54, 1.807) is 43.5 Å². The Morgan fingerprint density at radius 2 is 1.62 bits per heavy atom. The first kappa shape index (κ1) is 21.7. The minimum Gasteiger partial charge on any atom is -0.496 e. The van der Waals surface area contributed by atoms with Crippen molar-refractivity contribution in [3.63, 3.8) is 0 Å². The summed E-state index contributed by atoms with van der Waals surface area (Å²) in [6, 6.07) is 18.2. The van der Waals surface area contributed by atoms with E-state index < -0.39 is 11.8 Å². The van der Waals surface area contributed by atoms with Crippen LogP contribution in [0.15, 0.2) is 66.4 Å². The molecule has 0 saturated heterocycles. The number of nitrogens with one attached hydrogen (secondary N) is 1. The number of aryl methyl sites for hydroxylation is 3. The molecule has 0 spiro atoms. The number of carbonyl (C=O) groups excluding carboxylic acids is 2. The molecular formula is C26H23ClN2O3. The molecule has 1 N–H and O–H groups in total. The Morgan fingerprint density at radius 1 is 0.875 bits per heavy atom. The van der Waals surface area contributed by atoms with E-state index in [9.17, 15) is 9.59 Å². The molecule has 3 aromatic carbocycles. The summed E-state index contributed by atoms with van der Waals surface area (Å²) >= 11 is 6.10. The zero-order valence-electron chi connectivity index (χ0n) is 18.3. The smallest absolute Gasteiger partial charge is 0.282 e. The predicted molar refractivity (Wildman–Crippen MR) is 128 cm³/mol. The summed E-state index contributed by atoms with van der Waals surface area (Å²) in [6.07, 6.45) is 0. The fourth-order valence-corrected chi connectivity index (χ4v) is 4.15. The van der Waals surface area contributed by atoms with Crippen LogP contribution in [0.3, 0.4) is 0 Å². The number of amides is 2. The molecule has 1 heterocycles. The molecule has 0 aromatic heterocycles. The number of methoxy groups -OCH3 is 1. The molecule has 0 radical (unpaired) electrons. The van der Waals surface area contributed by atoms with Gasteiger partial charge in [0.05, 0.1) is 18.4 Å². The molecule has 0 saturated carbocycles. The second-order valence-corrected chi connectivity index (χ2v) is 8.21. The van der Waals surface area contributed by atoms with Crippen LogP contribution in [-0.2, 0) is 9.59 Å². The van der Waals surface area contributed by atoms with Crippen molar-refractivity contribution in [1.29, 1.82) is 0 Å². The predicted octanol–water partition coefficient (Wildman–Crippen LogP) is 5.67. The van der Waals surface area contributed by atoms with Gasteiger partial charge in [0.2, 0.25) is 0 Å². The summed E-state index contributed by atoms with van der Waals surface area (Å²) in [6.45, 7) is 5.75. The second kappa shape index (κ2) is 8.52. The lowest BCUT2D eigenvalue weighted by atomic mass is 10.0. The third-order valence-corrected chi connectivity index (χ3v) is 5.74. The summed E-state index contributed by atoms with van der Waals surface area (Å²) in [5.41, 5.74) is 5.02. The van der Waals surface area contributed by atoms with Crippen molar-refractivity contribution in [2.75, 3.05) is 17.3 Å². The van der Waals surface area contributed by atoms with E-state index in [1.807, 2.05) is 45.0 Å². The van der Waals surface area contributed by atoms with Gasteiger partial charge in [0.1, 0.15) is 11.4 Å². The first-order chi connectivity index (χ1) is 15.3. The van der Waals surface area contributed by atoms with Gasteiger partial charge in [0.25, 0.3) is 11.8 Å². The van der Waals surface area contributed by atoms with E-state index in [0.717, 1.165) is 16.7 Å². The molecule has 0 bridgehead atoms. The van der Waals surface area contributed by atoms with Crippen molar-refractivity contribution in [2.45, 2.75) is 20.8 Å². The summed E-state index contributed by atoms with van der Waals surface area (Å²) < 4.78 is 5.50. The highest BCUT2D eigenvalue weighted by Gasteiger charge is 2.41. The number of hydrogen-bond donors (Lipinski definition) is 1. The average Bonchev–Trinajstić information content (AvgIpc) is 2.99. The molecule has 2 amide bonds. The number of rotatable bonds is 5. The molecule has 6 heteroatoms. The largest absolute Gasteiger partial charge is 0.496 e. The molecule has 3 aromatic rings. The van der Waals surface area contributed by atoms with Gasteiger partial charge in [-0.1, -0.05) is 47.5 Å². The standard InChI is InChI=1S/C26H23ClN2O3/c1-15-9-12-21(17(3)13-15)29-25(30)23(19-7-5-6-8-22(19)32-4)24(26(29)31)28-20-11-10-18(27)14-16(20)2/h5-14,28H,1-4H3. The maximum absolute atomic E-state index is 13.7. The summed E-state index contributed by atoms with van der Waals surface area (Å²) in [5, 5.41) is 3.80. The van der Waals surface area contributed by atoms with Gasteiger partial charge in [-0.2, -0.15) is 0 Å². The minimum atomic E-state index is -0.419. The zero-order chi connectivity index (χ0) is 23.0. The molecule has 1 aliphatic rings. The second-order valence-electron chi connectivity index (χ2n) is 7.77. The van der Waals surface area contributed by atoms with Crippen LogP contribution in [0.2, 0.25) is 5.02 Å². The Hall–Kier alpha value is -3.57. The highest BCUT2D eigenvalue weighted by atomic mass is 35.5. The number of ether oxygens (including phenoxy) is 1. The third kappa shape index (κ3) is 3.76. The Kier molecular flexibility index (Phi) is 5.76. The first-order valence-corrected chi connectivity index (χ1v) is 10.6. The van der Waals surface area contributed by atoms with E-state index in [4.69, 9.17) is 16.3 Å². The van der Waals surface area contributed by atoms with Crippen LogP contribution in [0, 0.1) is 20.8 Å². The minimum absolute atomic E-state index is 0.199. The lowest BCUT2D eigenvalue weighted by molar-refractivity contribution is -0.120. The van der Waals surface area contributed by atoms with Crippen molar-refractivity contribution in [3.8, 4) is 5.75 Å². The van der Waals surface area contributed by atoms with Gasteiger partial charge in [0.15, 0.2) is 0 Å². The van der Waals surface area contributed by atoms with Gasteiger partial charge in [-0.05, 0) is 62.2 Å². The van der Waals surface area contributed by atoms with Crippen LogP contribution in [-0.4, -0.2) is 18.9 Å². The summed E-state index contributed by atoms with van der Waals surface area (Å²) in [5.74, 6) is -0.309. The summed E-state index contributed by atoms with van der Waals surface area (Å²) in [7, 11) is 1.54. The van der Waals surface area contributed by atoms with Gasteiger partial charge in [0, 0.05) is 16.3 Å². The topological polar surface area (TPSA) is 58.6 Å². The number of halogens is 1. The first-order valence-electron chi connectivity index (χ1n) is 10.2. The Bertz CT molecular complexity index is 1280. The Labute approximate surface area is 192 Å². The van der Waals surface area contributed by atoms with E-state index in [2.05, 4.69) is 5.32 Å². The number of anilines is 2. The number of para-hydroxylation sites is 1. The average molecular weight is 447 g/mol. The fourth-order valence-electron chi connectivity index (χ4n) is 3.92. The molecule has 0 atom stereocenters. The van der Waals surface area contributed by atoms with Crippen LogP contribution >= 0.6 is 11.6 Å². The number of carbonyl (C=O) groups is 2. The molecular weight excluding hydrogens is 424 g/mol. The third-order valence-electron chi connectivity index (χ3n) is 5.50. The van der Waals surface area contributed by atoms with E-state index >= 15 is 0 Å². The molecule has 1 aliphatic heterocycles. The molecule has 0 unspecified atom stereocenters. The maximum Gasteiger partial charge on any atom is 0.282 e. The van der Waals surface area contributed by atoms with Gasteiger partial charge < -0.3 is 10.1 Å². The van der Waals surface area contributed by atoms with Crippen molar-refractivity contribution in [3.05, 3.63) is 93.6 Å². The molecule has 4 rings (SSSR count). The van der Waals surface area contributed by atoms with Crippen LogP contribution in [0.25, 0.3) is 5.57 Å². The fraction of sp³-hybridized carbons (Fsp3) is 0.154. The van der Waals surface area contributed by atoms with E-state index in [-0.39, 0.29) is 11.3 Å². The van der Waals surface area contributed by atoms with Crippen LogP contribution < -0.4 is 15.0 Å². The van der Waals surface area contributed by atoms with Crippen molar-refractivity contribution >= 4 is 40.4 Å². The number of hydrogen-bond acceptors (Lipinski definition) is 4. The molecule has 0 fully saturated rings. The van der Waals surface area contributed by atoms with E-state index in [1.165, 1.54) is 4.90 Å². The van der Waals surface area contributed by atoms with Crippen LogP contribution in [0.4, 0.5) is 11.4 Å². The monoisotopic (exact) mass is 446 g/mol. The van der Waals surface area contributed by atoms with Crippen molar-refractivity contribution in [1.82, 2.24) is 0 Å². The summed E-state index contributed by atoms with van der Waals surface area (Å²) in [4.78, 5) is 28.6. The quantitative estimate of drug-likeness (QED) is 0.513. The lowest BCUT2D eigenvalue weighted by Gasteiger charge is -2.18. The zero-order valence-corrected chi connectivity index (χ0v) is 19.1. The van der Waals surface area contributed by atoms with Crippen LogP contribution in [0.5, 0.6) is 5.75 Å². The van der Waals surface area contributed by atoms with E-state index in [0.29, 0.717) is 27.7 Å². The number of imide groups is 1. The lowest BCUT2D eigenvalue weighted by Crippen LogP contribution is -2.33. The highest BCUT2D eigenvalue weighted by molar-refractivity contribution is 6.46. The van der Waals surface area contributed by atoms with Gasteiger partial charge in [-0.25, -0.2) is 4.90 Å². The highest BCUT2D eigenvalue weighted by Crippen LogP contribution is 2.38. The molecule has 162 valence electrons. The Balaban J connectivity index is 1.89. The number of nitrogens with zero attached hydrogens (tertiary/aromatic N) is 1. The Morgan fingerprint density at radius 3 is 2.31 bits per heavy atom. The number of benzene rings is 3. The molecule has 5 nitrogen and oxygen atoms in total. The molecule has 32 heavy (non-hydrogen) atoms. The SMILES string of the molecule is COc1ccccc1C1=C(Nc2ccc(Cl)cc2C)C(=O)N(c2ccc(C)cc2C)C1=O. The van der Waals surface area contributed by atoms with Gasteiger partial charge >= 0.3 is 0 Å². The normalized spacial score (nSPS) is 13.7. The van der Waals surface area contributed by atoms with Crippen molar-refractivity contribution in [2.24, 2.45) is 0 Å². The maximum atomic E-state index is 13.7. The van der Waals surface area contributed by atoms with Crippen molar-refractivity contribution < 1.29 is 14.3 Å². The van der Waals surface area contributed by atoms with Crippen LogP contribution in [0.1, 0.15) is 22.3 Å². The van der Waals surface area contributed by atoms with Gasteiger partial charge in [-0.15, -0.1) is 0 Å². The van der Waals surface area contributed by atoms with Gasteiger partial charge in [-0.3, -0.25) is 9.59 Å². The molecule has 0 aliphatic carbocycles.